The fraction of sp³-hybridized carbons (Fsp3) is 0.500. The summed E-state index contributed by atoms with van der Waals surface area (Å²) in [4.78, 5) is 2.52. The van der Waals surface area contributed by atoms with Crippen molar-refractivity contribution in [3.8, 4) is 11.5 Å². The van der Waals surface area contributed by atoms with E-state index < -0.39 is 0 Å². The van der Waals surface area contributed by atoms with Crippen molar-refractivity contribution in [2.75, 3.05) is 65.1 Å². The van der Waals surface area contributed by atoms with Gasteiger partial charge in [0, 0.05) is 56.9 Å². The van der Waals surface area contributed by atoms with Crippen LogP contribution < -0.4 is 19.7 Å². The second-order valence-electron chi connectivity index (χ2n) is 11.5. The SMILES string of the molecule is COCCCN1CCCc2ccc(CO[C@H]3CNCC[C@@H]3c3ccc(OCCCOCc4ccccc4OC)cc3)cc21. The lowest BCUT2D eigenvalue weighted by atomic mass is 9.87. The van der Waals surface area contributed by atoms with E-state index in [1.165, 1.54) is 28.8 Å². The molecule has 2 heterocycles. The summed E-state index contributed by atoms with van der Waals surface area (Å²) in [6.07, 6.45) is 5.45. The van der Waals surface area contributed by atoms with Crippen molar-refractivity contribution >= 4 is 5.69 Å². The summed E-state index contributed by atoms with van der Waals surface area (Å²) in [7, 11) is 3.46. The molecule has 0 radical (unpaired) electrons. The number of ether oxygens (including phenoxy) is 5. The van der Waals surface area contributed by atoms with Crippen LogP contribution in [0.25, 0.3) is 0 Å². The molecule has 1 N–H and O–H groups in total. The van der Waals surface area contributed by atoms with Gasteiger partial charge in [-0.1, -0.05) is 42.5 Å². The Balaban J connectivity index is 1.08. The Labute approximate surface area is 257 Å². The molecular formula is C36H48N2O5. The number of benzene rings is 3. The van der Waals surface area contributed by atoms with E-state index in [1.54, 1.807) is 14.2 Å². The first-order valence-corrected chi connectivity index (χ1v) is 15.9. The minimum absolute atomic E-state index is 0.134. The third kappa shape index (κ3) is 8.96. The van der Waals surface area contributed by atoms with Gasteiger partial charge in [-0.05, 0) is 73.2 Å². The van der Waals surface area contributed by atoms with E-state index in [-0.39, 0.29) is 6.10 Å². The molecule has 0 spiro atoms. The van der Waals surface area contributed by atoms with E-state index in [0.717, 1.165) is 75.5 Å². The standard InChI is InChI=1S/C36H48N2O5/c1-39-21-6-20-38-19-5-9-30-12-11-28(24-34(30)38)26-43-36-25-37-18-17-33(36)29-13-15-32(16-14-29)42-23-7-22-41-27-31-8-3-4-10-35(31)40-2/h3-4,8,10-16,24,33,36-37H,5-7,9,17-23,25-27H2,1-2H3/t33-,36+/m1/s1. The first kappa shape index (κ1) is 31.3. The Hall–Kier alpha value is -3.10. The first-order chi connectivity index (χ1) is 21.2. The van der Waals surface area contributed by atoms with Crippen LogP contribution in [0.15, 0.2) is 66.7 Å². The number of piperidine rings is 1. The van der Waals surface area contributed by atoms with Crippen molar-refractivity contribution in [3.63, 3.8) is 0 Å². The van der Waals surface area contributed by atoms with E-state index in [1.807, 2.05) is 24.3 Å². The Morgan fingerprint density at radius 3 is 2.65 bits per heavy atom. The zero-order chi connectivity index (χ0) is 29.7. The van der Waals surface area contributed by atoms with Crippen molar-refractivity contribution in [3.05, 3.63) is 89.0 Å². The predicted octanol–water partition coefficient (Wildman–Crippen LogP) is 6.13. The maximum absolute atomic E-state index is 6.59. The number of nitrogens with zero attached hydrogens (tertiary/aromatic N) is 1. The molecular weight excluding hydrogens is 540 g/mol. The van der Waals surface area contributed by atoms with Gasteiger partial charge in [-0.3, -0.25) is 0 Å². The molecule has 43 heavy (non-hydrogen) atoms. The van der Waals surface area contributed by atoms with E-state index in [4.69, 9.17) is 23.7 Å². The summed E-state index contributed by atoms with van der Waals surface area (Å²) in [5.41, 5.74) is 6.45. The molecule has 0 amide bonds. The Morgan fingerprint density at radius 1 is 0.907 bits per heavy atom. The van der Waals surface area contributed by atoms with Gasteiger partial charge < -0.3 is 33.9 Å². The van der Waals surface area contributed by atoms with Crippen molar-refractivity contribution in [2.24, 2.45) is 0 Å². The third-order valence-electron chi connectivity index (χ3n) is 8.49. The molecule has 3 aromatic rings. The maximum atomic E-state index is 6.59. The predicted molar refractivity (Wildman–Crippen MR) is 171 cm³/mol. The average molecular weight is 589 g/mol. The minimum atomic E-state index is 0.134. The average Bonchev–Trinajstić information content (AvgIpc) is 3.06. The fourth-order valence-electron chi connectivity index (χ4n) is 6.17. The second kappa shape index (κ2) is 16.7. The second-order valence-corrected chi connectivity index (χ2v) is 11.5. The van der Waals surface area contributed by atoms with Crippen LogP contribution in [0.2, 0.25) is 0 Å². The molecule has 1 saturated heterocycles. The van der Waals surface area contributed by atoms with Gasteiger partial charge >= 0.3 is 0 Å². The smallest absolute Gasteiger partial charge is 0.124 e. The molecule has 2 aliphatic heterocycles. The summed E-state index contributed by atoms with van der Waals surface area (Å²) in [6.45, 7) is 7.26. The molecule has 2 aliphatic rings. The first-order valence-electron chi connectivity index (χ1n) is 15.9. The third-order valence-corrected chi connectivity index (χ3v) is 8.49. The molecule has 7 nitrogen and oxygen atoms in total. The zero-order valence-corrected chi connectivity index (χ0v) is 25.9. The molecule has 0 aliphatic carbocycles. The van der Waals surface area contributed by atoms with E-state index >= 15 is 0 Å². The summed E-state index contributed by atoms with van der Waals surface area (Å²) >= 11 is 0. The van der Waals surface area contributed by atoms with Crippen LogP contribution in [0.4, 0.5) is 5.69 Å². The molecule has 7 heteroatoms. The van der Waals surface area contributed by atoms with Gasteiger partial charge in [0.2, 0.25) is 0 Å². The van der Waals surface area contributed by atoms with Crippen LogP contribution >= 0.6 is 0 Å². The van der Waals surface area contributed by atoms with Crippen LogP contribution in [-0.2, 0) is 33.8 Å². The number of para-hydroxylation sites is 1. The Kier molecular flexibility index (Phi) is 12.1. The number of hydrogen-bond donors (Lipinski definition) is 1. The topological polar surface area (TPSA) is 61.4 Å². The zero-order valence-electron chi connectivity index (χ0n) is 25.9. The summed E-state index contributed by atoms with van der Waals surface area (Å²) in [5, 5.41) is 3.54. The molecule has 0 saturated carbocycles. The molecule has 232 valence electrons. The summed E-state index contributed by atoms with van der Waals surface area (Å²) in [5.74, 6) is 2.12. The van der Waals surface area contributed by atoms with Gasteiger partial charge in [0.25, 0.3) is 0 Å². The van der Waals surface area contributed by atoms with Crippen molar-refractivity contribution in [1.29, 1.82) is 0 Å². The highest BCUT2D eigenvalue weighted by Gasteiger charge is 2.27. The molecule has 0 unspecified atom stereocenters. The summed E-state index contributed by atoms with van der Waals surface area (Å²) < 4.78 is 29.1. The highest BCUT2D eigenvalue weighted by atomic mass is 16.5. The number of rotatable bonds is 16. The van der Waals surface area contributed by atoms with Gasteiger partial charge in [0.1, 0.15) is 11.5 Å². The van der Waals surface area contributed by atoms with Crippen LogP contribution in [0, 0.1) is 0 Å². The number of hydrogen-bond acceptors (Lipinski definition) is 7. The highest BCUT2D eigenvalue weighted by molar-refractivity contribution is 5.57. The fourth-order valence-corrected chi connectivity index (χ4v) is 6.17. The van der Waals surface area contributed by atoms with Crippen molar-refractivity contribution < 1.29 is 23.7 Å². The van der Waals surface area contributed by atoms with E-state index in [2.05, 4.69) is 52.7 Å². The number of aryl methyl sites for hydroxylation is 1. The molecule has 0 bridgehead atoms. The largest absolute Gasteiger partial charge is 0.496 e. The Morgan fingerprint density at radius 2 is 1.79 bits per heavy atom. The van der Waals surface area contributed by atoms with Crippen molar-refractivity contribution in [1.82, 2.24) is 5.32 Å². The molecule has 0 aromatic heterocycles. The quantitative estimate of drug-likeness (QED) is 0.202. The molecule has 1 fully saturated rings. The van der Waals surface area contributed by atoms with Gasteiger partial charge in [-0.25, -0.2) is 0 Å². The van der Waals surface area contributed by atoms with E-state index in [0.29, 0.717) is 32.3 Å². The molecule has 5 rings (SSSR count). The normalized spacial score (nSPS) is 18.3. The lowest BCUT2D eigenvalue weighted by molar-refractivity contribution is 0.0106. The van der Waals surface area contributed by atoms with Crippen molar-refractivity contribution in [2.45, 2.75) is 57.3 Å². The highest BCUT2D eigenvalue weighted by Crippen LogP contribution is 2.32. The van der Waals surface area contributed by atoms with Crippen LogP contribution in [0.5, 0.6) is 11.5 Å². The number of anilines is 1. The lowest BCUT2D eigenvalue weighted by Gasteiger charge is -2.33. The number of methoxy groups -OCH3 is 2. The van der Waals surface area contributed by atoms with Gasteiger partial charge in [-0.15, -0.1) is 0 Å². The Bertz CT molecular complexity index is 1250. The number of nitrogens with one attached hydrogen (secondary N) is 1. The van der Waals surface area contributed by atoms with Crippen LogP contribution in [-0.4, -0.2) is 66.3 Å². The minimum Gasteiger partial charge on any atom is -0.496 e. The summed E-state index contributed by atoms with van der Waals surface area (Å²) in [6, 6.07) is 23.4. The van der Waals surface area contributed by atoms with Gasteiger partial charge in [0.05, 0.1) is 39.6 Å². The van der Waals surface area contributed by atoms with Gasteiger partial charge in [-0.2, -0.15) is 0 Å². The monoisotopic (exact) mass is 588 g/mol. The van der Waals surface area contributed by atoms with Crippen LogP contribution in [0.1, 0.15) is 53.9 Å². The van der Waals surface area contributed by atoms with Gasteiger partial charge in [0.15, 0.2) is 0 Å². The molecule has 2 atom stereocenters. The van der Waals surface area contributed by atoms with Crippen LogP contribution in [0.3, 0.4) is 0 Å². The lowest BCUT2D eigenvalue weighted by Crippen LogP contribution is -2.41. The van der Waals surface area contributed by atoms with E-state index in [9.17, 15) is 0 Å². The molecule has 3 aromatic carbocycles. The maximum Gasteiger partial charge on any atom is 0.124 e. The number of fused-ring (bicyclic) bond motifs is 1.